The highest BCUT2D eigenvalue weighted by molar-refractivity contribution is 5.93. The van der Waals surface area contributed by atoms with Crippen LogP contribution in [-0.4, -0.2) is 24.2 Å². The fraction of sp³-hybridized carbons (Fsp3) is 0.0714. The molecule has 1 N–H and O–H groups in total. The van der Waals surface area contributed by atoms with E-state index in [9.17, 15) is 4.79 Å². The van der Waals surface area contributed by atoms with Gasteiger partial charge in [-0.2, -0.15) is 5.10 Å². The Bertz CT molecular complexity index is 582. The molecule has 1 heterocycles. The van der Waals surface area contributed by atoms with E-state index in [1.54, 1.807) is 37.7 Å². The number of benzene rings is 1. The Morgan fingerprint density at radius 1 is 1.32 bits per heavy atom. The van der Waals surface area contributed by atoms with Crippen LogP contribution < -0.4 is 10.2 Å². The van der Waals surface area contributed by atoms with E-state index in [0.717, 1.165) is 11.3 Å². The van der Waals surface area contributed by atoms with Gasteiger partial charge in [0, 0.05) is 6.20 Å². The lowest BCUT2D eigenvalue weighted by atomic mass is 10.2. The van der Waals surface area contributed by atoms with Crippen molar-refractivity contribution in [3.63, 3.8) is 0 Å². The van der Waals surface area contributed by atoms with E-state index >= 15 is 0 Å². The Morgan fingerprint density at radius 3 is 2.95 bits per heavy atom. The summed E-state index contributed by atoms with van der Waals surface area (Å²) < 4.78 is 5.09. The fourth-order valence-corrected chi connectivity index (χ4v) is 1.44. The van der Waals surface area contributed by atoms with Crippen molar-refractivity contribution in [1.29, 1.82) is 0 Å². The minimum Gasteiger partial charge on any atom is -0.497 e. The minimum absolute atomic E-state index is 0.324. The predicted molar refractivity (Wildman–Crippen MR) is 72.3 cm³/mol. The van der Waals surface area contributed by atoms with E-state index in [0.29, 0.717) is 5.69 Å². The van der Waals surface area contributed by atoms with Gasteiger partial charge >= 0.3 is 0 Å². The summed E-state index contributed by atoms with van der Waals surface area (Å²) in [4.78, 5) is 15.6. The summed E-state index contributed by atoms with van der Waals surface area (Å²) in [6, 6.07) is 12.5. The van der Waals surface area contributed by atoms with Crippen molar-refractivity contribution in [3.8, 4) is 5.75 Å². The normalized spacial score (nSPS) is 10.4. The maximum Gasteiger partial charge on any atom is 0.289 e. The summed E-state index contributed by atoms with van der Waals surface area (Å²) in [6.07, 6.45) is 3.10. The molecule has 1 aromatic carbocycles. The van der Waals surface area contributed by atoms with Crippen molar-refractivity contribution in [2.75, 3.05) is 7.11 Å². The van der Waals surface area contributed by atoms with Gasteiger partial charge in [-0.15, -0.1) is 0 Å². The van der Waals surface area contributed by atoms with Gasteiger partial charge in [-0.25, -0.2) is 5.43 Å². The third kappa shape index (κ3) is 3.64. The number of ether oxygens (including phenoxy) is 1. The Balaban J connectivity index is 1.98. The molecular formula is C14H13N3O2. The lowest BCUT2D eigenvalue weighted by Crippen LogP contribution is -2.18. The second kappa shape index (κ2) is 6.30. The Labute approximate surface area is 110 Å². The standard InChI is InChI=1S/C14H13N3O2/c1-19-12-6-4-5-11(9-12)10-16-17-14(18)13-7-2-3-8-15-13/h2-10H,1H3,(H,17,18). The van der Waals surface area contributed by atoms with Gasteiger partial charge in [-0.1, -0.05) is 18.2 Å². The molecule has 5 heteroatoms. The summed E-state index contributed by atoms with van der Waals surface area (Å²) in [6.45, 7) is 0. The van der Waals surface area contributed by atoms with E-state index in [2.05, 4.69) is 15.5 Å². The summed E-state index contributed by atoms with van der Waals surface area (Å²) in [7, 11) is 1.60. The number of carbonyl (C=O) groups excluding carboxylic acids is 1. The first kappa shape index (κ1) is 12.8. The van der Waals surface area contributed by atoms with E-state index in [4.69, 9.17) is 4.74 Å². The molecule has 0 aliphatic rings. The number of amides is 1. The molecule has 0 spiro atoms. The molecule has 1 amide bonds. The van der Waals surface area contributed by atoms with Gasteiger partial charge in [-0.05, 0) is 29.8 Å². The summed E-state index contributed by atoms with van der Waals surface area (Å²) in [5, 5.41) is 3.87. The Morgan fingerprint density at radius 2 is 2.21 bits per heavy atom. The first-order valence-corrected chi connectivity index (χ1v) is 5.68. The van der Waals surface area contributed by atoms with Crippen LogP contribution in [0.15, 0.2) is 53.8 Å². The van der Waals surface area contributed by atoms with Crippen LogP contribution in [-0.2, 0) is 0 Å². The minimum atomic E-state index is -0.347. The molecule has 0 radical (unpaired) electrons. The first-order valence-electron chi connectivity index (χ1n) is 5.68. The van der Waals surface area contributed by atoms with E-state index < -0.39 is 0 Å². The van der Waals surface area contributed by atoms with Crippen LogP contribution in [0, 0.1) is 0 Å². The number of aromatic nitrogens is 1. The second-order valence-electron chi connectivity index (χ2n) is 3.69. The average Bonchev–Trinajstić information content (AvgIpc) is 2.48. The zero-order valence-electron chi connectivity index (χ0n) is 10.4. The molecule has 0 bridgehead atoms. The molecule has 2 rings (SSSR count). The molecule has 1 aromatic heterocycles. The SMILES string of the molecule is COc1cccc(C=NNC(=O)c2ccccn2)c1. The summed E-state index contributed by atoms with van der Waals surface area (Å²) in [5.74, 6) is 0.389. The topological polar surface area (TPSA) is 63.6 Å². The van der Waals surface area contributed by atoms with Crippen LogP contribution in [0.3, 0.4) is 0 Å². The smallest absolute Gasteiger partial charge is 0.289 e. The van der Waals surface area contributed by atoms with Gasteiger partial charge in [0.2, 0.25) is 0 Å². The highest BCUT2D eigenvalue weighted by atomic mass is 16.5. The largest absolute Gasteiger partial charge is 0.497 e. The number of hydrogen-bond donors (Lipinski definition) is 1. The molecular weight excluding hydrogens is 242 g/mol. The highest BCUT2D eigenvalue weighted by Gasteiger charge is 2.03. The van der Waals surface area contributed by atoms with Gasteiger partial charge in [0.15, 0.2) is 0 Å². The number of carbonyl (C=O) groups is 1. The zero-order valence-corrected chi connectivity index (χ0v) is 10.4. The molecule has 0 aliphatic heterocycles. The van der Waals surface area contributed by atoms with Crippen molar-refractivity contribution in [2.24, 2.45) is 5.10 Å². The lowest BCUT2D eigenvalue weighted by molar-refractivity contribution is 0.0950. The van der Waals surface area contributed by atoms with Crippen LogP contribution in [0.2, 0.25) is 0 Å². The number of nitrogens with one attached hydrogen (secondary N) is 1. The van der Waals surface area contributed by atoms with E-state index in [-0.39, 0.29) is 5.91 Å². The van der Waals surface area contributed by atoms with E-state index in [1.165, 1.54) is 0 Å². The van der Waals surface area contributed by atoms with Crippen molar-refractivity contribution in [1.82, 2.24) is 10.4 Å². The lowest BCUT2D eigenvalue weighted by Gasteiger charge is -2.00. The number of nitrogens with zero attached hydrogens (tertiary/aromatic N) is 2. The summed E-state index contributed by atoms with van der Waals surface area (Å²) in [5.41, 5.74) is 3.57. The number of methoxy groups -OCH3 is 1. The van der Waals surface area contributed by atoms with Crippen LogP contribution in [0.5, 0.6) is 5.75 Å². The molecule has 0 fully saturated rings. The van der Waals surface area contributed by atoms with Gasteiger partial charge in [0.25, 0.3) is 5.91 Å². The molecule has 0 atom stereocenters. The van der Waals surface area contributed by atoms with Gasteiger partial charge in [0.05, 0.1) is 13.3 Å². The number of hydrogen-bond acceptors (Lipinski definition) is 4. The summed E-state index contributed by atoms with van der Waals surface area (Å²) >= 11 is 0. The second-order valence-corrected chi connectivity index (χ2v) is 3.69. The quantitative estimate of drug-likeness (QED) is 0.670. The fourth-order valence-electron chi connectivity index (χ4n) is 1.44. The zero-order chi connectivity index (χ0) is 13.5. The monoisotopic (exact) mass is 255 g/mol. The van der Waals surface area contributed by atoms with Crippen molar-refractivity contribution in [3.05, 3.63) is 59.9 Å². The van der Waals surface area contributed by atoms with Crippen LogP contribution in [0.1, 0.15) is 16.1 Å². The van der Waals surface area contributed by atoms with Crippen LogP contribution in [0.25, 0.3) is 0 Å². The first-order chi connectivity index (χ1) is 9.29. The highest BCUT2D eigenvalue weighted by Crippen LogP contribution is 2.10. The molecule has 19 heavy (non-hydrogen) atoms. The van der Waals surface area contributed by atoms with E-state index in [1.807, 2.05) is 24.3 Å². The molecule has 0 unspecified atom stereocenters. The van der Waals surface area contributed by atoms with Crippen LogP contribution >= 0.6 is 0 Å². The average molecular weight is 255 g/mol. The van der Waals surface area contributed by atoms with Gasteiger partial charge < -0.3 is 4.74 Å². The predicted octanol–water partition coefficient (Wildman–Crippen LogP) is 1.85. The molecule has 0 saturated carbocycles. The molecule has 2 aromatic rings. The maximum absolute atomic E-state index is 11.6. The van der Waals surface area contributed by atoms with Crippen molar-refractivity contribution in [2.45, 2.75) is 0 Å². The number of rotatable bonds is 4. The third-order valence-electron chi connectivity index (χ3n) is 2.37. The number of hydrazone groups is 1. The maximum atomic E-state index is 11.6. The molecule has 96 valence electrons. The van der Waals surface area contributed by atoms with Gasteiger partial charge in [-0.3, -0.25) is 9.78 Å². The Hall–Kier alpha value is -2.69. The molecule has 0 saturated heterocycles. The van der Waals surface area contributed by atoms with Crippen LogP contribution in [0.4, 0.5) is 0 Å². The molecule has 5 nitrogen and oxygen atoms in total. The van der Waals surface area contributed by atoms with Crippen molar-refractivity contribution >= 4 is 12.1 Å². The molecule has 0 aliphatic carbocycles. The van der Waals surface area contributed by atoms with Gasteiger partial charge in [0.1, 0.15) is 11.4 Å². The third-order valence-corrected chi connectivity index (χ3v) is 2.37. The number of pyridine rings is 1. The van der Waals surface area contributed by atoms with Crippen molar-refractivity contribution < 1.29 is 9.53 Å². The Kier molecular flexibility index (Phi) is 4.23.